The molecule has 8 N–H and O–H groups in total. The highest BCUT2D eigenvalue weighted by atomic mass is 16.8. The molecule has 16 heteroatoms. The number of carbonyl (C=O) groups is 4. The molecule has 0 aromatic carbocycles. The third kappa shape index (κ3) is 6.25. The molecule has 7 rings (SSSR count). The Morgan fingerprint density at radius 3 is 1.88 bits per heavy atom. The molecule has 6 fully saturated rings. The first-order chi connectivity index (χ1) is 26.8. The number of hydrogen-bond acceptors (Lipinski definition) is 13. The Balaban J connectivity index is 1.17. The lowest BCUT2D eigenvalue weighted by Crippen LogP contribution is -2.68. The lowest BCUT2D eigenvalue weighted by atomic mass is 9.33. The zero-order chi connectivity index (χ0) is 42.9. The first kappa shape index (κ1) is 43.5. The van der Waals surface area contributed by atoms with Crippen molar-refractivity contribution >= 4 is 23.7 Å². The van der Waals surface area contributed by atoms with E-state index in [-0.39, 0.29) is 34.4 Å². The number of aliphatic hydroxyl groups excluding tert-OH is 5. The second-order valence-corrected chi connectivity index (χ2v) is 20.6. The van der Waals surface area contributed by atoms with Crippen molar-refractivity contribution in [3.63, 3.8) is 0 Å². The van der Waals surface area contributed by atoms with Crippen molar-refractivity contribution in [2.75, 3.05) is 0 Å². The summed E-state index contributed by atoms with van der Waals surface area (Å²) in [6.07, 6.45) is -12.2. The second kappa shape index (κ2) is 14.3. The number of fused-ring (bicyclic) bond motifs is 7. The standard InChI is InChI=1S/C42H62O16/c1-37(2)21-8-11-42(7)31(20(43)16-18-19-17-39(4,36(53)54)13-12-38(19,3)14-15-41(18,42)6)40(21,5)10-9-22(37)55-35-30(26(47)25(46)29(57-35)33(51)52)58-34-27(48)23(44)24(45)28(56-34)32(49)50/h16,19,21-31,34-35,44-48H,8-15,17H2,1-7H3,(H,49,50)(H,51,52)(H,53,54)/t19-,21+,22+,23+,24+,25+,26+,27-,28+,29+,30-,31-,34+,35+,38-,39-,40+,41-,42-/m1/s1. The SMILES string of the molecule is CC1(C)[C@@H](O[C@H]2O[C@H](C(=O)O)[C@@H](O)[C@H](O)[C@H]2O[C@@H]2O[C@H](C(=O)O)[C@@H](O)[C@H](O)[C@H]2O)CC[C@]2(C)[C@H]3C(=O)C=C4[C@H]5C[C@](C)(C(=O)O)CC[C@]5(C)CC[C@@]4(C)[C@]3(C)CC[C@@H]12. The van der Waals surface area contributed by atoms with E-state index >= 15 is 0 Å². The second-order valence-electron chi connectivity index (χ2n) is 20.6. The van der Waals surface area contributed by atoms with Crippen LogP contribution in [0.25, 0.3) is 0 Å². The Bertz CT molecular complexity index is 1730. The zero-order valence-electron chi connectivity index (χ0n) is 34.4. The van der Waals surface area contributed by atoms with E-state index in [4.69, 9.17) is 18.9 Å². The van der Waals surface area contributed by atoms with Crippen LogP contribution in [0.2, 0.25) is 0 Å². The van der Waals surface area contributed by atoms with Crippen molar-refractivity contribution in [2.24, 2.45) is 50.2 Å². The van der Waals surface area contributed by atoms with Crippen LogP contribution in [0.5, 0.6) is 0 Å². The highest BCUT2D eigenvalue weighted by molar-refractivity contribution is 5.95. The lowest BCUT2D eigenvalue weighted by Gasteiger charge is -2.70. The largest absolute Gasteiger partial charge is 0.481 e. The van der Waals surface area contributed by atoms with Gasteiger partial charge in [0, 0.05) is 5.92 Å². The number of aliphatic hydroxyl groups is 5. The van der Waals surface area contributed by atoms with E-state index in [1.807, 2.05) is 26.8 Å². The summed E-state index contributed by atoms with van der Waals surface area (Å²) in [7, 11) is 0. The van der Waals surface area contributed by atoms with E-state index in [9.17, 15) is 60.0 Å². The highest BCUT2D eigenvalue weighted by Crippen LogP contribution is 2.75. The molecule has 58 heavy (non-hydrogen) atoms. The molecule has 4 saturated carbocycles. The lowest BCUT2D eigenvalue weighted by molar-refractivity contribution is -0.371. The summed E-state index contributed by atoms with van der Waals surface area (Å²) in [6.45, 7) is 14.8. The molecule has 0 spiro atoms. The number of carboxylic acids is 3. The third-order valence-corrected chi connectivity index (χ3v) is 17.2. The van der Waals surface area contributed by atoms with Crippen molar-refractivity contribution in [1.29, 1.82) is 0 Å². The van der Waals surface area contributed by atoms with Crippen molar-refractivity contribution in [3.8, 4) is 0 Å². The van der Waals surface area contributed by atoms with Crippen LogP contribution in [0, 0.1) is 50.2 Å². The maximum atomic E-state index is 14.8. The summed E-state index contributed by atoms with van der Waals surface area (Å²) in [4.78, 5) is 51.3. The first-order valence-electron chi connectivity index (χ1n) is 20.7. The fraction of sp³-hybridized carbons (Fsp3) is 0.857. The number of hydrogen-bond donors (Lipinski definition) is 8. The molecule has 0 unspecified atom stereocenters. The average molecular weight is 823 g/mol. The van der Waals surface area contributed by atoms with Crippen LogP contribution in [-0.2, 0) is 38.1 Å². The summed E-state index contributed by atoms with van der Waals surface area (Å²) < 4.78 is 23.4. The smallest absolute Gasteiger partial charge is 0.335 e. The van der Waals surface area contributed by atoms with Crippen LogP contribution >= 0.6 is 0 Å². The van der Waals surface area contributed by atoms with Crippen molar-refractivity contribution in [1.82, 2.24) is 0 Å². The molecule has 326 valence electrons. The van der Waals surface area contributed by atoms with E-state index in [2.05, 4.69) is 27.7 Å². The molecule has 16 nitrogen and oxygen atoms in total. The van der Waals surface area contributed by atoms with Gasteiger partial charge in [-0.3, -0.25) is 9.59 Å². The van der Waals surface area contributed by atoms with Gasteiger partial charge in [-0.1, -0.05) is 47.1 Å². The van der Waals surface area contributed by atoms with Crippen LogP contribution in [0.15, 0.2) is 11.6 Å². The maximum Gasteiger partial charge on any atom is 0.335 e. The predicted octanol–water partition coefficient (Wildman–Crippen LogP) is 2.25. The number of ketones is 1. The Labute approximate surface area is 337 Å². The summed E-state index contributed by atoms with van der Waals surface area (Å²) in [5, 5.41) is 83.0. The number of aliphatic carboxylic acids is 3. The molecule has 19 atom stereocenters. The van der Waals surface area contributed by atoms with E-state index in [0.29, 0.717) is 25.7 Å². The third-order valence-electron chi connectivity index (χ3n) is 17.2. The molecule has 0 amide bonds. The topological polar surface area (TPSA) is 267 Å². The van der Waals surface area contributed by atoms with Gasteiger partial charge in [0.25, 0.3) is 0 Å². The molecular formula is C42H62O16. The Kier molecular flexibility index (Phi) is 10.7. The number of carboxylic acid groups (broad SMARTS) is 3. The quantitative estimate of drug-likeness (QED) is 0.171. The van der Waals surface area contributed by atoms with Crippen LogP contribution in [-0.4, -0.2) is 132 Å². The minimum Gasteiger partial charge on any atom is -0.481 e. The molecule has 5 aliphatic carbocycles. The molecule has 2 heterocycles. The fourth-order valence-electron chi connectivity index (χ4n) is 13.4. The fourth-order valence-corrected chi connectivity index (χ4v) is 13.4. The zero-order valence-corrected chi connectivity index (χ0v) is 34.4. The van der Waals surface area contributed by atoms with Crippen LogP contribution in [0.1, 0.15) is 106 Å². The van der Waals surface area contributed by atoms with E-state index in [0.717, 1.165) is 37.7 Å². The van der Waals surface area contributed by atoms with Crippen LogP contribution < -0.4 is 0 Å². The highest BCUT2D eigenvalue weighted by Gasteiger charge is 2.71. The van der Waals surface area contributed by atoms with Crippen LogP contribution in [0.3, 0.4) is 0 Å². The molecule has 2 saturated heterocycles. The summed E-state index contributed by atoms with van der Waals surface area (Å²) in [5.74, 6) is -4.47. The number of allylic oxidation sites excluding steroid dienone is 2. The van der Waals surface area contributed by atoms with E-state index < -0.39 is 107 Å². The van der Waals surface area contributed by atoms with Gasteiger partial charge in [-0.25, -0.2) is 9.59 Å². The molecule has 7 aliphatic rings. The Morgan fingerprint density at radius 2 is 1.28 bits per heavy atom. The first-order valence-corrected chi connectivity index (χ1v) is 20.7. The van der Waals surface area contributed by atoms with Gasteiger partial charge in [-0.15, -0.1) is 0 Å². The van der Waals surface area contributed by atoms with Gasteiger partial charge in [-0.05, 0) is 110 Å². The number of rotatable bonds is 7. The predicted molar refractivity (Wildman–Crippen MR) is 199 cm³/mol. The number of ether oxygens (including phenoxy) is 4. The minimum atomic E-state index is -2.05. The molecule has 0 radical (unpaired) electrons. The summed E-state index contributed by atoms with van der Waals surface area (Å²) in [5.41, 5.74) is -1.81. The minimum absolute atomic E-state index is 0.0217. The molecule has 0 aromatic heterocycles. The van der Waals surface area contributed by atoms with Gasteiger partial charge in [0.1, 0.15) is 36.6 Å². The monoisotopic (exact) mass is 822 g/mol. The van der Waals surface area contributed by atoms with Crippen molar-refractivity contribution < 1.29 is 79.0 Å². The molecule has 2 aliphatic heterocycles. The van der Waals surface area contributed by atoms with Gasteiger partial charge >= 0.3 is 17.9 Å². The normalized spacial score (nSPS) is 52.6. The van der Waals surface area contributed by atoms with E-state index in [1.54, 1.807) is 0 Å². The van der Waals surface area contributed by atoms with Gasteiger partial charge in [0.2, 0.25) is 0 Å². The van der Waals surface area contributed by atoms with Gasteiger partial charge in [0.05, 0.1) is 11.5 Å². The van der Waals surface area contributed by atoms with Gasteiger partial charge in [0.15, 0.2) is 30.6 Å². The van der Waals surface area contributed by atoms with Gasteiger partial charge < -0.3 is 59.8 Å². The molecule has 0 aromatic rings. The Morgan fingerprint density at radius 1 is 0.690 bits per heavy atom. The Hall–Kier alpha value is -2.54. The average Bonchev–Trinajstić information content (AvgIpc) is 3.13. The van der Waals surface area contributed by atoms with Crippen LogP contribution in [0.4, 0.5) is 0 Å². The van der Waals surface area contributed by atoms with E-state index in [1.165, 1.54) is 0 Å². The van der Waals surface area contributed by atoms with Crippen molar-refractivity contribution in [2.45, 2.75) is 174 Å². The van der Waals surface area contributed by atoms with Crippen molar-refractivity contribution in [3.05, 3.63) is 11.6 Å². The van der Waals surface area contributed by atoms with Gasteiger partial charge in [-0.2, -0.15) is 0 Å². The molecular weight excluding hydrogens is 760 g/mol. The summed E-state index contributed by atoms with van der Waals surface area (Å²) in [6, 6.07) is 0. The number of carbonyl (C=O) groups excluding carboxylic acids is 1. The molecule has 0 bridgehead atoms. The summed E-state index contributed by atoms with van der Waals surface area (Å²) >= 11 is 0. The maximum absolute atomic E-state index is 14.8.